The number of ether oxygens (including phenoxy) is 1. The topological polar surface area (TPSA) is 108 Å². The van der Waals surface area contributed by atoms with Gasteiger partial charge in [0, 0.05) is 24.4 Å². The number of aliphatic hydroxyl groups excluding tert-OH is 1. The van der Waals surface area contributed by atoms with E-state index in [-0.39, 0.29) is 29.7 Å². The normalized spacial score (nSPS) is 30.4. The van der Waals surface area contributed by atoms with E-state index >= 15 is 0 Å². The molecule has 0 radical (unpaired) electrons. The third-order valence-electron chi connectivity index (χ3n) is 8.34. The molecule has 8 nitrogen and oxygen atoms in total. The number of unbranched alkanes of at least 4 members (excludes halogenated alkanes) is 2. The highest BCUT2D eigenvalue weighted by molar-refractivity contribution is 6.02. The van der Waals surface area contributed by atoms with Crippen LogP contribution in [0.4, 0.5) is 5.69 Å². The van der Waals surface area contributed by atoms with E-state index in [4.69, 9.17) is 4.74 Å². The first-order chi connectivity index (χ1) is 17.7. The SMILES string of the molecule is CC(C)(C)CC(C)(C)NC(=O)C1N(CCCCCO)C(=O)[C@@H]2[C@@H](C(=O)Nc3ccccc3)[C@@]3(C)CCC12O3. The van der Waals surface area contributed by atoms with Gasteiger partial charge < -0.3 is 25.4 Å². The maximum atomic E-state index is 14.1. The fraction of sp³-hybridized carbons (Fsp3) is 0.700. The van der Waals surface area contributed by atoms with E-state index in [0.717, 1.165) is 12.8 Å². The summed E-state index contributed by atoms with van der Waals surface area (Å²) in [6.45, 7) is 12.8. The van der Waals surface area contributed by atoms with Crippen LogP contribution in [0, 0.1) is 17.3 Å². The molecule has 4 rings (SSSR count). The van der Waals surface area contributed by atoms with Crippen molar-refractivity contribution in [2.45, 2.75) is 103 Å². The van der Waals surface area contributed by atoms with Crippen molar-refractivity contribution in [1.29, 1.82) is 0 Å². The molecule has 3 aliphatic heterocycles. The molecule has 5 atom stereocenters. The summed E-state index contributed by atoms with van der Waals surface area (Å²) in [4.78, 5) is 43.5. The van der Waals surface area contributed by atoms with E-state index in [1.165, 1.54) is 0 Å². The van der Waals surface area contributed by atoms with Crippen LogP contribution in [0.15, 0.2) is 30.3 Å². The second-order valence-electron chi connectivity index (χ2n) is 13.5. The molecule has 3 amide bonds. The first-order valence-electron chi connectivity index (χ1n) is 14.0. The number of benzene rings is 1. The van der Waals surface area contributed by atoms with Gasteiger partial charge in [0.1, 0.15) is 11.6 Å². The molecule has 3 aliphatic rings. The molecule has 38 heavy (non-hydrogen) atoms. The van der Waals surface area contributed by atoms with Gasteiger partial charge in [0.05, 0.1) is 17.4 Å². The number of nitrogens with zero attached hydrogens (tertiary/aromatic N) is 1. The number of nitrogens with one attached hydrogen (secondary N) is 2. The summed E-state index contributed by atoms with van der Waals surface area (Å²) < 4.78 is 6.70. The predicted molar refractivity (Wildman–Crippen MR) is 146 cm³/mol. The molecule has 2 unspecified atom stereocenters. The molecule has 210 valence electrons. The number of likely N-dealkylation sites (tertiary alicyclic amines) is 1. The summed E-state index contributed by atoms with van der Waals surface area (Å²) in [5.74, 6) is -2.05. The first-order valence-corrected chi connectivity index (χ1v) is 14.0. The third kappa shape index (κ3) is 5.34. The van der Waals surface area contributed by atoms with E-state index in [2.05, 4.69) is 31.4 Å². The number of aliphatic hydroxyl groups is 1. The molecule has 8 heteroatoms. The maximum absolute atomic E-state index is 14.1. The Morgan fingerprint density at radius 1 is 1.05 bits per heavy atom. The van der Waals surface area contributed by atoms with E-state index in [1.54, 1.807) is 4.90 Å². The molecule has 3 fully saturated rings. The van der Waals surface area contributed by atoms with Gasteiger partial charge in [0.2, 0.25) is 17.7 Å². The molecule has 3 N–H and O–H groups in total. The van der Waals surface area contributed by atoms with Crippen molar-refractivity contribution in [3.8, 4) is 0 Å². The van der Waals surface area contributed by atoms with E-state index < -0.39 is 34.6 Å². The Morgan fingerprint density at radius 3 is 2.37 bits per heavy atom. The number of fused-ring (bicyclic) bond motifs is 1. The number of hydrogen-bond acceptors (Lipinski definition) is 5. The van der Waals surface area contributed by atoms with Crippen LogP contribution in [-0.2, 0) is 19.1 Å². The van der Waals surface area contributed by atoms with Crippen molar-refractivity contribution in [2.24, 2.45) is 17.3 Å². The highest BCUT2D eigenvalue weighted by atomic mass is 16.5. The van der Waals surface area contributed by atoms with Crippen LogP contribution in [-0.4, -0.2) is 63.7 Å². The van der Waals surface area contributed by atoms with Crippen LogP contribution >= 0.6 is 0 Å². The summed E-state index contributed by atoms with van der Waals surface area (Å²) in [6.07, 6.45) is 3.99. The van der Waals surface area contributed by atoms with Crippen LogP contribution in [0.3, 0.4) is 0 Å². The van der Waals surface area contributed by atoms with Crippen LogP contribution in [0.25, 0.3) is 0 Å². The second-order valence-corrected chi connectivity index (χ2v) is 13.5. The summed E-state index contributed by atoms with van der Waals surface area (Å²) in [7, 11) is 0. The molecule has 1 aromatic carbocycles. The lowest BCUT2D eigenvalue weighted by Crippen LogP contribution is -2.59. The summed E-state index contributed by atoms with van der Waals surface area (Å²) in [5.41, 5.74) is -1.67. The molecule has 3 saturated heterocycles. The van der Waals surface area contributed by atoms with Crippen molar-refractivity contribution in [3.05, 3.63) is 30.3 Å². The van der Waals surface area contributed by atoms with Crippen molar-refractivity contribution in [2.75, 3.05) is 18.5 Å². The Hall–Kier alpha value is -2.45. The summed E-state index contributed by atoms with van der Waals surface area (Å²) >= 11 is 0. The van der Waals surface area contributed by atoms with Gasteiger partial charge in [0.25, 0.3) is 0 Å². The lowest BCUT2D eigenvalue weighted by atomic mass is 9.66. The van der Waals surface area contributed by atoms with Gasteiger partial charge in [-0.05, 0) is 76.8 Å². The Bertz CT molecular complexity index is 1050. The average molecular weight is 528 g/mol. The smallest absolute Gasteiger partial charge is 0.246 e. The zero-order chi connectivity index (χ0) is 27.9. The van der Waals surface area contributed by atoms with Crippen molar-refractivity contribution < 1.29 is 24.2 Å². The van der Waals surface area contributed by atoms with Crippen LogP contribution in [0.2, 0.25) is 0 Å². The Balaban J connectivity index is 1.66. The fourth-order valence-electron chi connectivity index (χ4n) is 7.45. The third-order valence-corrected chi connectivity index (χ3v) is 8.34. The maximum Gasteiger partial charge on any atom is 0.246 e. The van der Waals surface area contributed by atoms with Crippen molar-refractivity contribution >= 4 is 23.4 Å². The molecule has 2 bridgehead atoms. The molecule has 3 heterocycles. The van der Waals surface area contributed by atoms with Gasteiger partial charge in [0.15, 0.2) is 0 Å². The number of carbonyl (C=O) groups excluding carboxylic acids is 3. The number of amides is 3. The molecule has 0 aliphatic carbocycles. The van der Waals surface area contributed by atoms with Crippen LogP contribution in [0.1, 0.15) is 80.1 Å². The van der Waals surface area contributed by atoms with Gasteiger partial charge in [-0.2, -0.15) is 0 Å². The standard InChI is InChI=1S/C30H45N3O5/c1-27(2,3)19-28(4,5)32-25(36)23-30-16-15-29(6,38-30)21(24(35)31-20-13-9-7-10-14-20)22(30)26(37)33(23)17-11-8-12-18-34/h7,9-10,13-14,21-23,34H,8,11-12,15-19H2,1-6H3,(H,31,35)(H,32,36)/t21-,22-,23?,29+,30?/m0/s1. The number of para-hydroxylation sites is 1. The first kappa shape index (κ1) is 28.6. The van der Waals surface area contributed by atoms with E-state index in [0.29, 0.717) is 37.9 Å². The summed E-state index contributed by atoms with van der Waals surface area (Å²) in [6, 6.07) is 8.43. The highest BCUT2D eigenvalue weighted by Gasteiger charge is 2.77. The predicted octanol–water partition coefficient (Wildman–Crippen LogP) is 3.88. The molecule has 1 spiro atoms. The Morgan fingerprint density at radius 2 is 1.74 bits per heavy atom. The van der Waals surface area contributed by atoms with Crippen molar-refractivity contribution in [3.63, 3.8) is 0 Å². The largest absolute Gasteiger partial charge is 0.396 e. The Kier molecular flexibility index (Phi) is 7.71. The molecular weight excluding hydrogens is 482 g/mol. The lowest BCUT2D eigenvalue weighted by Gasteiger charge is -2.38. The van der Waals surface area contributed by atoms with Crippen LogP contribution < -0.4 is 10.6 Å². The van der Waals surface area contributed by atoms with Gasteiger partial charge >= 0.3 is 0 Å². The van der Waals surface area contributed by atoms with E-state index in [1.807, 2.05) is 51.1 Å². The average Bonchev–Trinajstić information content (AvgIpc) is 3.36. The van der Waals surface area contributed by atoms with Gasteiger partial charge in [-0.25, -0.2) is 0 Å². The fourth-order valence-corrected chi connectivity index (χ4v) is 7.45. The lowest BCUT2D eigenvalue weighted by molar-refractivity contribution is -0.146. The van der Waals surface area contributed by atoms with Gasteiger partial charge in [-0.15, -0.1) is 0 Å². The van der Waals surface area contributed by atoms with Gasteiger partial charge in [-0.3, -0.25) is 14.4 Å². The molecule has 1 aromatic rings. The quantitative estimate of drug-likeness (QED) is 0.400. The molecule has 0 saturated carbocycles. The zero-order valence-electron chi connectivity index (χ0n) is 23.8. The van der Waals surface area contributed by atoms with Crippen molar-refractivity contribution in [1.82, 2.24) is 10.2 Å². The van der Waals surface area contributed by atoms with E-state index in [9.17, 15) is 19.5 Å². The number of carbonyl (C=O) groups is 3. The van der Waals surface area contributed by atoms with Crippen LogP contribution in [0.5, 0.6) is 0 Å². The number of anilines is 1. The molecule has 0 aromatic heterocycles. The Labute approximate surface area is 226 Å². The minimum absolute atomic E-state index is 0.00346. The monoisotopic (exact) mass is 527 g/mol. The van der Waals surface area contributed by atoms with Gasteiger partial charge in [-0.1, -0.05) is 39.0 Å². The summed E-state index contributed by atoms with van der Waals surface area (Å²) in [5, 5.41) is 15.5. The number of rotatable bonds is 10. The minimum Gasteiger partial charge on any atom is -0.396 e. The minimum atomic E-state index is -1.04. The zero-order valence-corrected chi connectivity index (χ0v) is 23.8. The second kappa shape index (κ2) is 10.3. The highest BCUT2D eigenvalue weighted by Crippen LogP contribution is 2.63. The molecular formula is C30H45N3O5. The number of hydrogen-bond donors (Lipinski definition) is 3.